The molecule has 0 saturated carbocycles. The molecule has 1 saturated heterocycles. The van der Waals surface area contributed by atoms with Gasteiger partial charge in [-0.3, -0.25) is 14.6 Å². The number of carbonyl (C=O) groups excluding carboxylic acids is 2. The number of pyridine rings is 1. The molecule has 2 aromatic heterocycles. The Morgan fingerprint density at radius 3 is 3.04 bits per heavy atom. The number of nitrogens with zero attached hydrogens (tertiary/aromatic N) is 3. The first-order valence-corrected chi connectivity index (χ1v) is 10.2. The number of hydrogen-bond acceptors (Lipinski definition) is 6. The normalized spacial score (nSPS) is 16.9. The van der Waals surface area contributed by atoms with Crippen molar-refractivity contribution in [3.05, 3.63) is 35.6 Å². The third-order valence-corrected chi connectivity index (χ3v) is 5.59. The molecule has 1 aliphatic rings. The monoisotopic (exact) mass is 387 g/mol. The largest absolute Gasteiger partial charge is 0.354 e. The molecule has 0 radical (unpaired) electrons. The van der Waals surface area contributed by atoms with Crippen molar-refractivity contribution < 1.29 is 9.59 Å². The minimum atomic E-state index is -0.0592. The van der Waals surface area contributed by atoms with Gasteiger partial charge in [0, 0.05) is 55.4 Å². The van der Waals surface area contributed by atoms with Crippen molar-refractivity contribution in [3.63, 3.8) is 0 Å². The summed E-state index contributed by atoms with van der Waals surface area (Å²) in [4.78, 5) is 35.1. The highest BCUT2D eigenvalue weighted by Gasteiger charge is 2.27. The van der Waals surface area contributed by atoms with Gasteiger partial charge < -0.3 is 16.0 Å². The van der Waals surface area contributed by atoms with E-state index < -0.39 is 0 Å². The van der Waals surface area contributed by atoms with Gasteiger partial charge in [-0.25, -0.2) is 4.98 Å². The van der Waals surface area contributed by atoms with Crippen molar-refractivity contribution in [2.75, 3.05) is 19.6 Å². The van der Waals surface area contributed by atoms with E-state index in [1.807, 2.05) is 22.4 Å². The van der Waals surface area contributed by atoms with Crippen LogP contribution >= 0.6 is 11.3 Å². The maximum absolute atomic E-state index is 12.8. The van der Waals surface area contributed by atoms with Gasteiger partial charge in [0.15, 0.2) is 0 Å². The molecule has 1 aliphatic heterocycles. The maximum atomic E-state index is 12.8. The first-order chi connectivity index (χ1) is 13.2. The molecule has 0 bridgehead atoms. The molecule has 8 heteroatoms. The summed E-state index contributed by atoms with van der Waals surface area (Å²) < 4.78 is 0. The van der Waals surface area contributed by atoms with Gasteiger partial charge in [0.25, 0.3) is 0 Å². The van der Waals surface area contributed by atoms with E-state index in [1.54, 1.807) is 12.4 Å². The summed E-state index contributed by atoms with van der Waals surface area (Å²) in [6, 6.07) is 3.88. The molecular formula is C19H25N5O2S. The van der Waals surface area contributed by atoms with E-state index in [0.717, 1.165) is 42.1 Å². The number of amides is 2. The molecule has 1 unspecified atom stereocenters. The van der Waals surface area contributed by atoms with Gasteiger partial charge in [-0.05, 0) is 31.4 Å². The number of nitrogens with one attached hydrogen (secondary N) is 1. The average Bonchev–Trinajstić information content (AvgIpc) is 3.16. The number of hydrogen-bond donors (Lipinski definition) is 2. The first kappa shape index (κ1) is 19.4. The van der Waals surface area contributed by atoms with Crippen LogP contribution in [0.15, 0.2) is 29.9 Å². The first-order valence-electron chi connectivity index (χ1n) is 9.28. The standard InChI is InChI=1S/C19H25N5O2S/c20-7-6-17(25)22-12-16-5-1-2-9-24(16)18(26)10-15-13-27-19(23-15)14-4-3-8-21-11-14/h3-4,8,11,13,16H,1-2,5-7,9-10,12,20H2,(H,22,25). The number of rotatable bonds is 7. The Morgan fingerprint density at radius 2 is 2.26 bits per heavy atom. The fourth-order valence-corrected chi connectivity index (χ4v) is 4.07. The second-order valence-corrected chi connectivity index (χ2v) is 7.50. The Bertz CT molecular complexity index is 764. The van der Waals surface area contributed by atoms with Crippen molar-refractivity contribution in [2.24, 2.45) is 5.73 Å². The van der Waals surface area contributed by atoms with Crippen LogP contribution in [0.2, 0.25) is 0 Å². The van der Waals surface area contributed by atoms with Crippen LogP contribution in [0.5, 0.6) is 0 Å². The number of aromatic nitrogens is 2. The third kappa shape index (κ3) is 5.33. The highest BCUT2D eigenvalue weighted by Crippen LogP contribution is 2.24. The van der Waals surface area contributed by atoms with Crippen molar-refractivity contribution >= 4 is 23.2 Å². The molecule has 3 rings (SSSR count). The molecule has 1 fully saturated rings. The molecule has 27 heavy (non-hydrogen) atoms. The van der Waals surface area contributed by atoms with Crippen molar-refractivity contribution in [1.29, 1.82) is 0 Å². The number of nitrogens with two attached hydrogens (primary N) is 1. The summed E-state index contributed by atoms with van der Waals surface area (Å²) in [5.74, 6) is 0.00639. The third-order valence-electron chi connectivity index (χ3n) is 4.65. The van der Waals surface area contributed by atoms with Gasteiger partial charge in [-0.1, -0.05) is 0 Å². The lowest BCUT2D eigenvalue weighted by Crippen LogP contribution is -2.50. The van der Waals surface area contributed by atoms with Crippen molar-refractivity contribution in [2.45, 2.75) is 38.1 Å². The van der Waals surface area contributed by atoms with Gasteiger partial charge in [-0.2, -0.15) is 0 Å². The summed E-state index contributed by atoms with van der Waals surface area (Å²) in [6.07, 6.45) is 7.08. The maximum Gasteiger partial charge on any atom is 0.228 e. The smallest absolute Gasteiger partial charge is 0.228 e. The number of carbonyl (C=O) groups is 2. The van der Waals surface area contributed by atoms with E-state index in [-0.39, 0.29) is 24.3 Å². The van der Waals surface area contributed by atoms with Gasteiger partial charge in [0.1, 0.15) is 5.01 Å². The molecule has 0 aromatic carbocycles. The molecule has 3 heterocycles. The van der Waals surface area contributed by atoms with E-state index >= 15 is 0 Å². The van der Waals surface area contributed by atoms with Gasteiger partial charge in [0.05, 0.1) is 12.1 Å². The molecule has 144 valence electrons. The molecule has 2 aromatic rings. The SMILES string of the molecule is NCCC(=O)NCC1CCCCN1C(=O)Cc1csc(-c2cccnc2)n1. The lowest BCUT2D eigenvalue weighted by molar-refractivity contribution is -0.134. The quantitative estimate of drug-likeness (QED) is 0.751. The Labute approximate surface area is 163 Å². The molecular weight excluding hydrogens is 362 g/mol. The van der Waals surface area contributed by atoms with Gasteiger partial charge in [0.2, 0.25) is 11.8 Å². The van der Waals surface area contributed by atoms with E-state index in [0.29, 0.717) is 19.5 Å². The predicted molar refractivity (Wildman–Crippen MR) is 105 cm³/mol. The molecule has 0 spiro atoms. The van der Waals surface area contributed by atoms with Gasteiger partial charge in [-0.15, -0.1) is 11.3 Å². The topological polar surface area (TPSA) is 101 Å². The fraction of sp³-hybridized carbons (Fsp3) is 0.474. The van der Waals surface area contributed by atoms with Crippen molar-refractivity contribution in [1.82, 2.24) is 20.2 Å². The minimum absolute atomic E-state index is 0.0457. The van der Waals surface area contributed by atoms with Crippen LogP contribution in [-0.4, -0.2) is 52.4 Å². The predicted octanol–water partition coefficient (Wildman–Crippen LogP) is 1.59. The zero-order chi connectivity index (χ0) is 19.1. The number of thiazole rings is 1. The Balaban J connectivity index is 1.60. The minimum Gasteiger partial charge on any atom is -0.354 e. The van der Waals surface area contributed by atoms with E-state index in [2.05, 4.69) is 15.3 Å². The number of piperidine rings is 1. The zero-order valence-electron chi connectivity index (χ0n) is 15.3. The van der Waals surface area contributed by atoms with Crippen LogP contribution in [0, 0.1) is 0 Å². The number of likely N-dealkylation sites (tertiary alicyclic amines) is 1. The molecule has 3 N–H and O–H groups in total. The Kier molecular flexibility index (Phi) is 6.89. The van der Waals surface area contributed by atoms with Crippen molar-refractivity contribution in [3.8, 4) is 10.6 Å². The van der Waals surface area contributed by atoms with Crippen LogP contribution in [-0.2, 0) is 16.0 Å². The van der Waals surface area contributed by atoms with Crippen LogP contribution in [0.25, 0.3) is 10.6 Å². The summed E-state index contributed by atoms with van der Waals surface area (Å²) in [7, 11) is 0. The van der Waals surface area contributed by atoms with E-state index in [4.69, 9.17) is 5.73 Å². The lowest BCUT2D eigenvalue weighted by atomic mass is 10.0. The lowest BCUT2D eigenvalue weighted by Gasteiger charge is -2.36. The van der Waals surface area contributed by atoms with E-state index in [1.165, 1.54) is 11.3 Å². The highest BCUT2D eigenvalue weighted by atomic mass is 32.1. The Morgan fingerprint density at radius 1 is 1.37 bits per heavy atom. The second kappa shape index (κ2) is 9.57. The Hall–Kier alpha value is -2.32. The molecule has 7 nitrogen and oxygen atoms in total. The fourth-order valence-electron chi connectivity index (χ4n) is 3.26. The summed E-state index contributed by atoms with van der Waals surface area (Å²) in [6.45, 7) is 1.56. The summed E-state index contributed by atoms with van der Waals surface area (Å²) in [5, 5.41) is 5.70. The van der Waals surface area contributed by atoms with E-state index in [9.17, 15) is 9.59 Å². The van der Waals surface area contributed by atoms with Crippen LogP contribution in [0.3, 0.4) is 0 Å². The summed E-state index contributed by atoms with van der Waals surface area (Å²) in [5.41, 5.74) is 7.14. The van der Waals surface area contributed by atoms with Crippen LogP contribution in [0.1, 0.15) is 31.4 Å². The van der Waals surface area contributed by atoms with Crippen LogP contribution in [0.4, 0.5) is 0 Å². The molecule has 0 aliphatic carbocycles. The highest BCUT2D eigenvalue weighted by molar-refractivity contribution is 7.13. The molecule has 2 amide bonds. The van der Waals surface area contributed by atoms with Crippen LogP contribution < -0.4 is 11.1 Å². The average molecular weight is 388 g/mol. The zero-order valence-corrected chi connectivity index (χ0v) is 16.1. The summed E-state index contributed by atoms with van der Waals surface area (Å²) >= 11 is 1.52. The second-order valence-electron chi connectivity index (χ2n) is 6.64. The van der Waals surface area contributed by atoms with Gasteiger partial charge >= 0.3 is 0 Å². The molecule has 1 atom stereocenters.